The molecule has 1 aliphatic rings. The van der Waals surface area contributed by atoms with Crippen molar-refractivity contribution in [1.82, 2.24) is 0 Å². The molecule has 0 N–H and O–H groups in total. The number of Topliss-reactive ketones (excluding diaryl/α,β-unsaturated/α-hetero) is 1. The van der Waals surface area contributed by atoms with Crippen LogP contribution in [0.15, 0.2) is 18.2 Å². The third-order valence-electron chi connectivity index (χ3n) is 3.27. The molecule has 0 spiro atoms. The molecular formula is C14H16O5. The molecule has 19 heavy (non-hydrogen) atoms. The highest BCUT2D eigenvalue weighted by atomic mass is 16.6. The van der Waals surface area contributed by atoms with Crippen LogP contribution in [0.2, 0.25) is 0 Å². The standard InChI is InChI=1S/C14H16O5/c1-8(15)10-7-13(19-14(10)16)11-6-9(17-2)4-5-12(11)18-3/h4-6,10,13H,7H2,1-3H3. The van der Waals surface area contributed by atoms with Crippen molar-refractivity contribution in [2.45, 2.75) is 19.4 Å². The van der Waals surface area contributed by atoms with Gasteiger partial charge < -0.3 is 14.2 Å². The maximum atomic E-state index is 11.6. The van der Waals surface area contributed by atoms with Crippen LogP contribution in [-0.4, -0.2) is 26.0 Å². The van der Waals surface area contributed by atoms with Gasteiger partial charge in [-0.3, -0.25) is 9.59 Å². The van der Waals surface area contributed by atoms with Crippen LogP contribution in [0.5, 0.6) is 11.5 Å². The molecular weight excluding hydrogens is 248 g/mol. The smallest absolute Gasteiger partial charge is 0.317 e. The summed E-state index contributed by atoms with van der Waals surface area (Å²) in [4.78, 5) is 23.0. The maximum absolute atomic E-state index is 11.6. The summed E-state index contributed by atoms with van der Waals surface area (Å²) in [6.45, 7) is 1.40. The largest absolute Gasteiger partial charge is 0.497 e. The summed E-state index contributed by atoms with van der Waals surface area (Å²) in [5.41, 5.74) is 0.721. The van der Waals surface area contributed by atoms with E-state index in [0.29, 0.717) is 17.9 Å². The topological polar surface area (TPSA) is 61.8 Å². The number of carbonyl (C=O) groups is 2. The number of hydrogen-bond acceptors (Lipinski definition) is 5. The Balaban J connectivity index is 2.32. The van der Waals surface area contributed by atoms with E-state index in [1.54, 1.807) is 32.4 Å². The minimum Gasteiger partial charge on any atom is -0.497 e. The van der Waals surface area contributed by atoms with Crippen molar-refractivity contribution in [2.24, 2.45) is 5.92 Å². The average molecular weight is 264 g/mol. The van der Waals surface area contributed by atoms with Gasteiger partial charge >= 0.3 is 5.97 Å². The maximum Gasteiger partial charge on any atom is 0.317 e. The molecule has 5 heteroatoms. The van der Waals surface area contributed by atoms with Crippen LogP contribution in [0.4, 0.5) is 0 Å². The van der Waals surface area contributed by atoms with Crippen LogP contribution in [0.25, 0.3) is 0 Å². The van der Waals surface area contributed by atoms with Crippen LogP contribution in [0.3, 0.4) is 0 Å². The van der Waals surface area contributed by atoms with E-state index >= 15 is 0 Å². The molecule has 0 amide bonds. The predicted octanol–water partition coefficient (Wildman–Crippen LogP) is 1.90. The predicted molar refractivity (Wildman–Crippen MR) is 67.2 cm³/mol. The van der Waals surface area contributed by atoms with Gasteiger partial charge in [-0.2, -0.15) is 0 Å². The molecule has 1 heterocycles. The summed E-state index contributed by atoms with van der Waals surface area (Å²) >= 11 is 0. The quantitative estimate of drug-likeness (QED) is 0.614. The second-order valence-corrected chi connectivity index (χ2v) is 4.43. The molecule has 1 aromatic rings. The van der Waals surface area contributed by atoms with Gasteiger partial charge in [-0.15, -0.1) is 0 Å². The van der Waals surface area contributed by atoms with Crippen LogP contribution >= 0.6 is 0 Å². The third-order valence-corrected chi connectivity index (χ3v) is 3.27. The average Bonchev–Trinajstić information content (AvgIpc) is 2.80. The fraction of sp³-hybridized carbons (Fsp3) is 0.429. The van der Waals surface area contributed by atoms with Gasteiger partial charge in [0.05, 0.1) is 14.2 Å². The van der Waals surface area contributed by atoms with Gasteiger partial charge in [0.1, 0.15) is 29.3 Å². The lowest BCUT2D eigenvalue weighted by atomic mass is 9.97. The van der Waals surface area contributed by atoms with Gasteiger partial charge in [-0.25, -0.2) is 0 Å². The Morgan fingerprint density at radius 3 is 2.58 bits per heavy atom. The van der Waals surface area contributed by atoms with Crippen molar-refractivity contribution in [3.63, 3.8) is 0 Å². The Hall–Kier alpha value is -2.04. The highest BCUT2D eigenvalue weighted by molar-refractivity contribution is 5.99. The summed E-state index contributed by atoms with van der Waals surface area (Å²) in [5, 5.41) is 0. The van der Waals surface area contributed by atoms with E-state index in [-0.39, 0.29) is 5.78 Å². The highest BCUT2D eigenvalue weighted by Crippen LogP contribution is 2.39. The van der Waals surface area contributed by atoms with E-state index < -0.39 is 18.0 Å². The molecule has 102 valence electrons. The molecule has 1 aliphatic heterocycles. The van der Waals surface area contributed by atoms with Crippen LogP contribution in [0, 0.1) is 5.92 Å². The molecule has 2 unspecified atom stereocenters. The minimum atomic E-state index is -0.680. The van der Waals surface area contributed by atoms with Crippen molar-refractivity contribution in [3.8, 4) is 11.5 Å². The van der Waals surface area contributed by atoms with Crippen LogP contribution in [-0.2, 0) is 14.3 Å². The first-order valence-electron chi connectivity index (χ1n) is 5.99. The minimum absolute atomic E-state index is 0.172. The summed E-state index contributed by atoms with van der Waals surface area (Å²) in [7, 11) is 3.11. The molecule has 1 fully saturated rings. The first-order chi connectivity index (χ1) is 9.06. The summed E-state index contributed by atoms with van der Waals surface area (Å²) < 4.78 is 15.7. The molecule has 2 rings (SSSR count). The molecule has 2 atom stereocenters. The Bertz CT molecular complexity index is 509. The molecule has 0 radical (unpaired) electrons. The molecule has 1 saturated heterocycles. The number of cyclic esters (lactones) is 1. The zero-order valence-electron chi connectivity index (χ0n) is 11.1. The number of ketones is 1. The lowest BCUT2D eigenvalue weighted by molar-refractivity contribution is -0.146. The van der Waals surface area contributed by atoms with Gasteiger partial charge in [0.15, 0.2) is 0 Å². The second kappa shape index (κ2) is 5.30. The van der Waals surface area contributed by atoms with E-state index in [2.05, 4.69) is 0 Å². The normalized spacial score (nSPS) is 21.9. The summed E-state index contributed by atoms with van der Waals surface area (Å²) in [6, 6.07) is 5.28. The van der Waals surface area contributed by atoms with Crippen LogP contribution in [0.1, 0.15) is 25.0 Å². The number of methoxy groups -OCH3 is 2. The van der Waals surface area contributed by atoms with Gasteiger partial charge in [-0.1, -0.05) is 0 Å². The molecule has 1 aromatic carbocycles. The number of benzene rings is 1. The zero-order chi connectivity index (χ0) is 14.0. The van der Waals surface area contributed by atoms with Crippen molar-refractivity contribution < 1.29 is 23.8 Å². The number of ether oxygens (including phenoxy) is 3. The van der Waals surface area contributed by atoms with Gasteiger partial charge in [0.25, 0.3) is 0 Å². The third kappa shape index (κ3) is 2.54. The summed E-state index contributed by atoms with van der Waals surface area (Å²) in [5.74, 6) is -0.0569. The molecule has 5 nitrogen and oxygen atoms in total. The van der Waals surface area contributed by atoms with Crippen LogP contribution < -0.4 is 9.47 Å². The number of rotatable bonds is 4. The van der Waals surface area contributed by atoms with Gasteiger partial charge in [0.2, 0.25) is 0 Å². The van der Waals surface area contributed by atoms with Gasteiger partial charge in [0, 0.05) is 12.0 Å². The number of carbonyl (C=O) groups excluding carboxylic acids is 2. The molecule has 0 aliphatic carbocycles. The summed E-state index contributed by atoms with van der Waals surface area (Å²) in [6.07, 6.45) is -0.121. The number of esters is 1. The van der Waals surface area contributed by atoms with E-state index in [4.69, 9.17) is 14.2 Å². The fourth-order valence-electron chi connectivity index (χ4n) is 2.19. The number of hydrogen-bond donors (Lipinski definition) is 0. The monoisotopic (exact) mass is 264 g/mol. The van der Waals surface area contributed by atoms with Crippen molar-refractivity contribution >= 4 is 11.8 Å². The molecule has 0 bridgehead atoms. The first-order valence-corrected chi connectivity index (χ1v) is 5.99. The Morgan fingerprint density at radius 1 is 1.32 bits per heavy atom. The van der Waals surface area contributed by atoms with Crippen molar-refractivity contribution in [3.05, 3.63) is 23.8 Å². The zero-order valence-corrected chi connectivity index (χ0v) is 11.1. The van der Waals surface area contributed by atoms with E-state index in [1.807, 2.05) is 0 Å². The van der Waals surface area contributed by atoms with Crippen molar-refractivity contribution in [2.75, 3.05) is 14.2 Å². The fourth-order valence-corrected chi connectivity index (χ4v) is 2.19. The van der Waals surface area contributed by atoms with E-state index in [9.17, 15) is 9.59 Å². The van der Waals surface area contributed by atoms with E-state index in [1.165, 1.54) is 6.92 Å². The Morgan fingerprint density at radius 2 is 2.05 bits per heavy atom. The van der Waals surface area contributed by atoms with E-state index in [0.717, 1.165) is 5.56 Å². The second-order valence-electron chi connectivity index (χ2n) is 4.43. The SMILES string of the molecule is COc1ccc(OC)c(C2CC(C(C)=O)C(=O)O2)c1. The van der Waals surface area contributed by atoms with Crippen molar-refractivity contribution in [1.29, 1.82) is 0 Å². The van der Waals surface area contributed by atoms with Gasteiger partial charge in [-0.05, 0) is 25.1 Å². The lowest BCUT2D eigenvalue weighted by Crippen LogP contribution is -2.15. The highest BCUT2D eigenvalue weighted by Gasteiger charge is 2.39. The lowest BCUT2D eigenvalue weighted by Gasteiger charge is -2.15. The Kier molecular flexibility index (Phi) is 3.74. The molecule has 0 aromatic heterocycles. The molecule has 0 saturated carbocycles. The first kappa shape index (κ1) is 13.4. The Labute approximate surface area is 111 Å².